The van der Waals surface area contributed by atoms with Crippen molar-refractivity contribution in [3.63, 3.8) is 0 Å². The molecule has 0 saturated heterocycles. The lowest BCUT2D eigenvalue weighted by Gasteiger charge is -2.14. The first-order valence-corrected chi connectivity index (χ1v) is 8.61. The summed E-state index contributed by atoms with van der Waals surface area (Å²) >= 11 is 0. The van der Waals surface area contributed by atoms with Crippen molar-refractivity contribution in [3.05, 3.63) is 17.7 Å². The molecule has 7 heteroatoms. The fourth-order valence-corrected chi connectivity index (χ4v) is 2.68. The lowest BCUT2D eigenvalue weighted by molar-refractivity contribution is -0.140. The van der Waals surface area contributed by atoms with Crippen molar-refractivity contribution in [2.45, 2.75) is 45.6 Å². The molecular formula is C18H26N2O5. The molecule has 0 aliphatic carbocycles. The molecule has 0 fully saturated rings. The van der Waals surface area contributed by atoms with Gasteiger partial charge in [0.15, 0.2) is 0 Å². The number of methoxy groups -OCH3 is 1. The summed E-state index contributed by atoms with van der Waals surface area (Å²) in [6, 6.07) is 3.42. The molecule has 2 N–H and O–H groups in total. The number of ether oxygens (including phenoxy) is 3. The zero-order chi connectivity index (χ0) is 18.2. The molecule has 138 valence electrons. The van der Waals surface area contributed by atoms with Crippen LogP contribution < -0.4 is 20.1 Å². The van der Waals surface area contributed by atoms with E-state index in [2.05, 4.69) is 15.4 Å². The Morgan fingerprint density at radius 3 is 2.84 bits per heavy atom. The normalized spacial score (nSPS) is 15.1. The van der Waals surface area contributed by atoms with E-state index in [-0.39, 0.29) is 18.1 Å². The number of rotatable bonds is 8. The minimum absolute atomic E-state index is 0.128. The summed E-state index contributed by atoms with van der Waals surface area (Å²) in [7, 11) is 1.37. The fraction of sp³-hybridized carbons (Fsp3) is 0.556. The third-order valence-electron chi connectivity index (χ3n) is 3.87. The van der Waals surface area contributed by atoms with E-state index in [1.807, 2.05) is 19.9 Å². The van der Waals surface area contributed by atoms with E-state index in [0.717, 1.165) is 17.7 Å². The zero-order valence-corrected chi connectivity index (χ0v) is 15.0. The van der Waals surface area contributed by atoms with Crippen LogP contribution in [-0.2, 0) is 16.0 Å². The standard InChI is InChI=1S/C18H26N2O5/c1-4-24-16-10-13-9-12(2)25-15(13)11-14(16)20-18(22)19-8-6-5-7-17(21)23-3/h10-12H,4-9H2,1-3H3,(H2,19,20,22). The molecule has 0 saturated carbocycles. The molecule has 0 aromatic heterocycles. The van der Waals surface area contributed by atoms with E-state index in [9.17, 15) is 9.59 Å². The van der Waals surface area contributed by atoms with Gasteiger partial charge < -0.3 is 24.8 Å². The number of esters is 1. The summed E-state index contributed by atoms with van der Waals surface area (Å²) in [6.07, 6.45) is 2.69. The van der Waals surface area contributed by atoms with Crippen LogP contribution in [0.1, 0.15) is 38.7 Å². The number of urea groups is 1. The van der Waals surface area contributed by atoms with Crippen molar-refractivity contribution < 1.29 is 23.8 Å². The predicted molar refractivity (Wildman–Crippen MR) is 94.3 cm³/mol. The van der Waals surface area contributed by atoms with Crippen LogP contribution in [-0.4, -0.2) is 38.4 Å². The highest BCUT2D eigenvalue weighted by Gasteiger charge is 2.22. The number of carbonyl (C=O) groups excluding carboxylic acids is 2. The van der Waals surface area contributed by atoms with Gasteiger partial charge in [0.25, 0.3) is 0 Å². The third-order valence-corrected chi connectivity index (χ3v) is 3.87. The Hall–Kier alpha value is -2.44. The van der Waals surface area contributed by atoms with Gasteiger partial charge in [0, 0.05) is 31.0 Å². The van der Waals surface area contributed by atoms with Gasteiger partial charge in [-0.15, -0.1) is 0 Å². The Labute approximate surface area is 148 Å². The quantitative estimate of drug-likeness (QED) is 0.556. The molecule has 1 atom stereocenters. The predicted octanol–water partition coefficient (Wildman–Crippen LogP) is 2.87. The second-order valence-corrected chi connectivity index (χ2v) is 5.94. The van der Waals surface area contributed by atoms with Crippen LogP contribution >= 0.6 is 0 Å². The van der Waals surface area contributed by atoms with Gasteiger partial charge in [-0.05, 0) is 32.8 Å². The van der Waals surface area contributed by atoms with E-state index in [4.69, 9.17) is 9.47 Å². The average Bonchev–Trinajstić information content (AvgIpc) is 2.93. The van der Waals surface area contributed by atoms with Crippen LogP contribution in [0.3, 0.4) is 0 Å². The van der Waals surface area contributed by atoms with Crippen LogP contribution in [0.15, 0.2) is 12.1 Å². The van der Waals surface area contributed by atoms with Crippen molar-refractivity contribution in [1.82, 2.24) is 5.32 Å². The van der Waals surface area contributed by atoms with Gasteiger partial charge in [-0.25, -0.2) is 4.79 Å². The second-order valence-electron chi connectivity index (χ2n) is 5.94. The van der Waals surface area contributed by atoms with Crippen LogP contribution in [0.2, 0.25) is 0 Å². The van der Waals surface area contributed by atoms with Gasteiger partial charge in [-0.2, -0.15) is 0 Å². The summed E-state index contributed by atoms with van der Waals surface area (Å²) in [5, 5.41) is 5.57. The fourth-order valence-electron chi connectivity index (χ4n) is 2.68. The van der Waals surface area contributed by atoms with Crippen LogP contribution in [0.4, 0.5) is 10.5 Å². The largest absolute Gasteiger partial charge is 0.492 e. The van der Waals surface area contributed by atoms with Gasteiger partial charge in [0.1, 0.15) is 17.6 Å². The van der Waals surface area contributed by atoms with Gasteiger partial charge in [0.2, 0.25) is 0 Å². The van der Waals surface area contributed by atoms with E-state index in [1.54, 1.807) is 6.07 Å². The molecule has 0 spiro atoms. The zero-order valence-electron chi connectivity index (χ0n) is 15.0. The minimum atomic E-state index is -0.315. The number of hydrogen-bond acceptors (Lipinski definition) is 5. The Kier molecular flexibility index (Phi) is 6.91. The summed E-state index contributed by atoms with van der Waals surface area (Å²) in [5.74, 6) is 1.18. The van der Waals surface area contributed by atoms with Gasteiger partial charge in [-0.1, -0.05) is 0 Å². The maximum absolute atomic E-state index is 12.1. The molecule has 2 rings (SSSR count). The molecule has 1 aromatic rings. The summed E-state index contributed by atoms with van der Waals surface area (Å²) < 4.78 is 15.9. The monoisotopic (exact) mass is 350 g/mol. The molecule has 2 amide bonds. The third kappa shape index (κ3) is 5.55. The highest BCUT2D eigenvalue weighted by molar-refractivity contribution is 5.91. The van der Waals surface area contributed by atoms with E-state index < -0.39 is 0 Å². The Bertz CT molecular complexity index is 618. The Morgan fingerprint density at radius 1 is 1.32 bits per heavy atom. The minimum Gasteiger partial charge on any atom is -0.492 e. The molecule has 1 unspecified atom stereocenters. The van der Waals surface area contributed by atoms with E-state index in [1.165, 1.54) is 7.11 Å². The lowest BCUT2D eigenvalue weighted by Crippen LogP contribution is -2.29. The van der Waals surface area contributed by atoms with Crippen molar-refractivity contribution >= 4 is 17.7 Å². The summed E-state index contributed by atoms with van der Waals surface area (Å²) in [4.78, 5) is 23.1. The van der Waals surface area contributed by atoms with E-state index >= 15 is 0 Å². The second kappa shape index (κ2) is 9.15. The number of nitrogens with one attached hydrogen (secondary N) is 2. The first-order valence-electron chi connectivity index (χ1n) is 8.61. The lowest BCUT2D eigenvalue weighted by atomic mass is 10.1. The number of unbranched alkanes of at least 4 members (excludes halogenated alkanes) is 1. The number of carbonyl (C=O) groups is 2. The SMILES string of the molecule is CCOc1cc2c(cc1NC(=O)NCCCCC(=O)OC)OC(C)C2. The van der Waals surface area contributed by atoms with Crippen LogP contribution in [0.25, 0.3) is 0 Å². The maximum atomic E-state index is 12.1. The number of amides is 2. The molecule has 1 aliphatic rings. The summed E-state index contributed by atoms with van der Waals surface area (Å²) in [5.41, 5.74) is 1.67. The average molecular weight is 350 g/mol. The van der Waals surface area contributed by atoms with Crippen LogP contribution in [0, 0.1) is 0 Å². The maximum Gasteiger partial charge on any atom is 0.319 e. The number of hydrogen-bond donors (Lipinski definition) is 2. The first kappa shape index (κ1) is 18.9. The van der Waals surface area contributed by atoms with Crippen molar-refractivity contribution in [3.8, 4) is 11.5 Å². The first-order chi connectivity index (χ1) is 12.0. The summed E-state index contributed by atoms with van der Waals surface area (Å²) in [6.45, 7) is 4.90. The van der Waals surface area contributed by atoms with Crippen molar-refractivity contribution in [2.24, 2.45) is 0 Å². The molecule has 0 radical (unpaired) electrons. The van der Waals surface area contributed by atoms with Crippen LogP contribution in [0.5, 0.6) is 11.5 Å². The molecule has 1 aromatic carbocycles. The number of anilines is 1. The Morgan fingerprint density at radius 2 is 2.12 bits per heavy atom. The number of fused-ring (bicyclic) bond motifs is 1. The molecule has 0 bridgehead atoms. The Balaban J connectivity index is 1.87. The van der Waals surface area contributed by atoms with Crippen molar-refractivity contribution in [1.29, 1.82) is 0 Å². The van der Waals surface area contributed by atoms with Gasteiger partial charge in [-0.3, -0.25) is 4.79 Å². The van der Waals surface area contributed by atoms with Gasteiger partial charge >= 0.3 is 12.0 Å². The van der Waals surface area contributed by atoms with Crippen molar-refractivity contribution in [2.75, 3.05) is 25.6 Å². The highest BCUT2D eigenvalue weighted by Crippen LogP contribution is 2.37. The topological polar surface area (TPSA) is 85.9 Å². The molecule has 1 heterocycles. The molecule has 1 aliphatic heterocycles. The number of benzene rings is 1. The van der Waals surface area contributed by atoms with E-state index in [0.29, 0.717) is 43.9 Å². The molecule has 25 heavy (non-hydrogen) atoms. The smallest absolute Gasteiger partial charge is 0.319 e. The molecular weight excluding hydrogens is 324 g/mol. The van der Waals surface area contributed by atoms with Gasteiger partial charge in [0.05, 0.1) is 19.4 Å². The highest BCUT2D eigenvalue weighted by atomic mass is 16.5. The molecule has 7 nitrogen and oxygen atoms in total.